The second-order valence-corrected chi connectivity index (χ2v) is 7.56. The molecule has 1 aromatic heterocycles. The molecular formula is C26H21NO3. The largest absolute Gasteiger partial charge is 0.468 e. The van der Waals surface area contributed by atoms with Gasteiger partial charge in [-0.2, -0.15) is 0 Å². The number of hydrogen-bond acceptors (Lipinski definition) is 4. The Balaban J connectivity index is 1.67. The third-order valence-corrected chi connectivity index (χ3v) is 5.80. The highest BCUT2D eigenvalue weighted by Gasteiger charge is 2.66. The minimum absolute atomic E-state index is 0.0166. The van der Waals surface area contributed by atoms with E-state index in [2.05, 4.69) is 0 Å². The van der Waals surface area contributed by atoms with E-state index in [0.29, 0.717) is 18.1 Å². The molecule has 0 saturated heterocycles. The van der Waals surface area contributed by atoms with Gasteiger partial charge >= 0.3 is 5.97 Å². The summed E-state index contributed by atoms with van der Waals surface area (Å²) in [6.45, 7) is 0. The Hall–Kier alpha value is -3.66. The van der Waals surface area contributed by atoms with Gasteiger partial charge in [-0.3, -0.25) is 4.79 Å². The van der Waals surface area contributed by atoms with E-state index in [-0.39, 0.29) is 11.9 Å². The first-order valence-electron chi connectivity index (χ1n) is 9.99. The van der Waals surface area contributed by atoms with Crippen LogP contribution in [0.25, 0.3) is 22.6 Å². The van der Waals surface area contributed by atoms with Gasteiger partial charge in [-0.05, 0) is 12.0 Å². The molecule has 148 valence electrons. The maximum absolute atomic E-state index is 13.0. The van der Waals surface area contributed by atoms with Crippen LogP contribution in [0, 0.1) is 0 Å². The number of esters is 1. The number of ether oxygens (including phenoxy) is 1. The summed E-state index contributed by atoms with van der Waals surface area (Å²) in [6, 6.07) is 29.8. The average molecular weight is 395 g/mol. The minimum atomic E-state index is -0.896. The number of nitrogens with zero attached hydrogens (tertiary/aromatic N) is 1. The van der Waals surface area contributed by atoms with Crippen molar-refractivity contribution in [3.63, 3.8) is 0 Å². The normalized spacial score (nSPS) is 20.0. The van der Waals surface area contributed by atoms with E-state index in [4.69, 9.17) is 14.1 Å². The van der Waals surface area contributed by atoms with Gasteiger partial charge in [0.25, 0.3) is 0 Å². The highest BCUT2D eigenvalue weighted by atomic mass is 16.5. The zero-order valence-corrected chi connectivity index (χ0v) is 16.6. The van der Waals surface area contributed by atoms with Crippen molar-refractivity contribution >= 4 is 5.97 Å². The number of rotatable bonds is 5. The van der Waals surface area contributed by atoms with E-state index in [9.17, 15) is 4.79 Å². The van der Waals surface area contributed by atoms with E-state index in [0.717, 1.165) is 22.4 Å². The van der Waals surface area contributed by atoms with Crippen LogP contribution in [0.2, 0.25) is 0 Å². The van der Waals surface area contributed by atoms with Crippen LogP contribution >= 0.6 is 0 Å². The average Bonchev–Trinajstić information content (AvgIpc) is 3.43. The smallest absolute Gasteiger partial charge is 0.321 e. The molecule has 1 fully saturated rings. The van der Waals surface area contributed by atoms with Gasteiger partial charge in [0.1, 0.15) is 5.69 Å². The van der Waals surface area contributed by atoms with Gasteiger partial charge in [0.05, 0.1) is 7.11 Å². The van der Waals surface area contributed by atoms with Crippen molar-refractivity contribution in [3.8, 4) is 22.6 Å². The number of carbonyl (C=O) groups excluding carboxylic acids is 1. The first-order chi connectivity index (χ1) is 14.7. The number of benzene rings is 3. The number of carbonyl (C=O) groups is 1. The van der Waals surface area contributed by atoms with Crippen LogP contribution in [-0.2, 0) is 14.9 Å². The first kappa shape index (κ1) is 18.4. The summed E-state index contributed by atoms with van der Waals surface area (Å²) in [5, 5.41) is 0. The third kappa shape index (κ3) is 2.92. The molecule has 30 heavy (non-hydrogen) atoms. The molecule has 3 aromatic carbocycles. The van der Waals surface area contributed by atoms with E-state index in [1.165, 1.54) is 7.11 Å². The van der Waals surface area contributed by atoms with Crippen LogP contribution in [-0.4, -0.2) is 18.1 Å². The van der Waals surface area contributed by atoms with Gasteiger partial charge in [-0.15, -0.1) is 0 Å². The predicted octanol–water partition coefficient (Wildman–Crippen LogP) is 5.61. The van der Waals surface area contributed by atoms with Crippen molar-refractivity contribution in [2.75, 3.05) is 7.11 Å². The lowest BCUT2D eigenvalue weighted by atomic mass is 9.99. The summed E-state index contributed by atoms with van der Waals surface area (Å²) in [4.78, 5) is 17.8. The number of oxazole rings is 1. The summed E-state index contributed by atoms with van der Waals surface area (Å²) in [5.41, 5.74) is 2.80. The molecule has 4 heteroatoms. The Labute approximate surface area is 175 Å². The molecule has 0 N–H and O–H groups in total. The van der Waals surface area contributed by atoms with Crippen molar-refractivity contribution in [2.24, 2.45) is 0 Å². The van der Waals surface area contributed by atoms with Gasteiger partial charge in [-0.25, -0.2) is 4.98 Å². The second kappa shape index (κ2) is 7.30. The molecule has 0 amide bonds. The van der Waals surface area contributed by atoms with Crippen LogP contribution < -0.4 is 0 Å². The van der Waals surface area contributed by atoms with E-state index in [1.807, 2.05) is 91.0 Å². The van der Waals surface area contributed by atoms with Gasteiger partial charge in [0.2, 0.25) is 5.89 Å². The number of hydrogen-bond donors (Lipinski definition) is 0. The fourth-order valence-corrected chi connectivity index (χ4v) is 4.17. The molecular weight excluding hydrogens is 374 g/mol. The van der Waals surface area contributed by atoms with Crippen molar-refractivity contribution < 1.29 is 13.9 Å². The molecule has 1 aliphatic carbocycles. The third-order valence-electron chi connectivity index (χ3n) is 5.80. The molecule has 2 atom stereocenters. The first-order valence-corrected chi connectivity index (χ1v) is 9.99. The Morgan fingerprint density at radius 1 is 0.900 bits per heavy atom. The zero-order valence-electron chi connectivity index (χ0n) is 16.6. The van der Waals surface area contributed by atoms with Gasteiger partial charge in [0, 0.05) is 17.0 Å². The molecule has 4 aromatic rings. The summed E-state index contributed by atoms with van der Waals surface area (Å²) >= 11 is 0. The zero-order chi connectivity index (χ0) is 20.6. The Bertz CT molecular complexity index is 1110. The summed E-state index contributed by atoms with van der Waals surface area (Å²) in [5.74, 6) is 0.758. The lowest BCUT2D eigenvalue weighted by molar-refractivity contribution is -0.144. The topological polar surface area (TPSA) is 52.3 Å². The van der Waals surface area contributed by atoms with Crippen LogP contribution in [0.1, 0.15) is 23.8 Å². The minimum Gasteiger partial charge on any atom is -0.468 e. The van der Waals surface area contributed by atoms with Crippen molar-refractivity contribution in [3.05, 3.63) is 102 Å². The summed E-state index contributed by atoms with van der Waals surface area (Å²) < 4.78 is 11.6. The van der Waals surface area contributed by atoms with E-state index >= 15 is 0 Å². The lowest BCUT2D eigenvalue weighted by Crippen LogP contribution is -2.24. The molecule has 0 radical (unpaired) electrons. The highest BCUT2D eigenvalue weighted by Crippen LogP contribution is 2.61. The molecule has 4 nitrogen and oxygen atoms in total. The molecule has 0 spiro atoms. The van der Waals surface area contributed by atoms with Crippen LogP contribution in [0.15, 0.2) is 95.4 Å². The standard InChI is InChI=1S/C26H21NO3/c1-29-25(28)26(17-21(26)18-11-5-2-6-12-18)24-27-22(19-13-7-3-8-14-19)23(30-24)20-15-9-4-10-16-20/h2-16,21H,17H2,1H3/t21-,26+/m0/s1. The second-order valence-electron chi connectivity index (χ2n) is 7.56. The SMILES string of the molecule is COC(=O)[C@]1(c2nc(-c3ccccc3)c(-c3ccccc3)o2)C[C@H]1c1ccccc1. The molecule has 1 aliphatic rings. The molecule has 0 aliphatic heterocycles. The highest BCUT2D eigenvalue weighted by molar-refractivity contribution is 5.89. The van der Waals surface area contributed by atoms with Crippen LogP contribution in [0.5, 0.6) is 0 Å². The van der Waals surface area contributed by atoms with Crippen molar-refractivity contribution in [2.45, 2.75) is 17.8 Å². The van der Waals surface area contributed by atoms with E-state index in [1.54, 1.807) is 0 Å². The Kier molecular flexibility index (Phi) is 4.47. The van der Waals surface area contributed by atoms with Crippen LogP contribution in [0.3, 0.4) is 0 Å². The van der Waals surface area contributed by atoms with Crippen molar-refractivity contribution in [1.29, 1.82) is 0 Å². The fraction of sp³-hybridized carbons (Fsp3) is 0.154. The van der Waals surface area contributed by atoms with Crippen LogP contribution in [0.4, 0.5) is 0 Å². The molecule has 1 heterocycles. The maximum Gasteiger partial charge on any atom is 0.321 e. The Morgan fingerprint density at radius 3 is 2.07 bits per heavy atom. The quantitative estimate of drug-likeness (QED) is 0.412. The maximum atomic E-state index is 13.0. The van der Waals surface area contributed by atoms with E-state index < -0.39 is 5.41 Å². The van der Waals surface area contributed by atoms with Crippen molar-refractivity contribution in [1.82, 2.24) is 4.98 Å². The summed E-state index contributed by atoms with van der Waals surface area (Å²) in [7, 11) is 1.42. The van der Waals surface area contributed by atoms with Gasteiger partial charge in [0.15, 0.2) is 11.2 Å². The molecule has 0 bridgehead atoms. The summed E-state index contributed by atoms with van der Waals surface area (Å²) in [6.07, 6.45) is 0.618. The monoisotopic (exact) mass is 395 g/mol. The molecule has 5 rings (SSSR count). The molecule has 1 saturated carbocycles. The predicted molar refractivity (Wildman–Crippen MR) is 115 cm³/mol. The van der Waals surface area contributed by atoms with Gasteiger partial charge < -0.3 is 9.15 Å². The molecule has 0 unspecified atom stereocenters. The number of methoxy groups -OCH3 is 1. The lowest BCUT2D eigenvalue weighted by Gasteiger charge is -2.11. The Morgan fingerprint density at radius 2 is 1.47 bits per heavy atom. The van der Waals surface area contributed by atoms with Gasteiger partial charge in [-0.1, -0.05) is 91.0 Å². The number of aromatic nitrogens is 1. The fourth-order valence-electron chi connectivity index (χ4n) is 4.17.